The third kappa shape index (κ3) is 4.25. The minimum Gasteiger partial charge on any atom is -0.495 e. The van der Waals surface area contributed by atoms with Gasteiger partial charge in [-0.25, -0.2) is 0 Å². The molecule has 1 aromatic rings. The first kappa shape index (κ1) is 19.5. The number of carbonyl (C=O) groups is 2. The van der Waals surface area contributed by atoms with Gasteiger partial charge in [0, 0.05) is 25.0 Å². The lowest BCUT2D eigenvalue weighted by molar-refractivity contribution is -0.127. The summed E-state index contributed by atoms with van der Waals surface area (Å²) < 4.78 is 5.33. The maximum Gasteiger partial charge on any atom is 0.227 e. The molecule has 0 radical (unpaired) electrons. The SMILES string of the molecule is COc1ccccc1N1CC(C(=O)NC2CCCNC2C)CC1=O.Cl. The second-order valence-electron chi connectivity index (χ2n) is 6.58. The van der Waals surface area contributed by atoms with E-state index in [9.17, 15) is 9.59 Å². The Morgan fingerprint density at radius 1 is 1.36 bits per heavy atom. The predicted molar refractivity (Wildman–Crippen MR) is 99.3 cm³/mol. The van der Waals surface area contributed by atoms with Crippen molar-refractivity contribution >= 4 is 29.9 Å². The number of piperidine rings is 1. The molecule has 2 amide bonds. The van der Waals surface area contributed by atoms with E-state index in [4.69, 9.17) is 4.74 Å². The zero-order valence-electron chi connectivity index (χ0n) is 14.7. The molecule has 3 rings (SSSR count). The molecule has 2 aliphatic heterocycles. The van der Waals surface area contributed by atoms with E-state index in [2.05, 4.69) is 17.6 Å². The Balaban J connectivity index is 0.00000225. The molecular weight excluding hydrogens is 342 g/mol. The maximum absolute atomic E-state index is 12.6. The van der Waals surface area contributed by atoms with Crippen LogP contribution in [0.25, 0.3) is 0 Å². The number of anilines is 1. The van der Waals surface area contributed by atoms with E-state index in [-0.39, 0.29) is 48.6 Å². The molecule has 3 atom stereocenters. The number of ether oxygens (including phenoxy) is 1. The Hall–Kier alpha value is -1.79. The van der Waals surface area contributed by atoms with Crippen LogP contribution in [0.2, 0.25) is 0 Å². The number of benzene rings is 1. The highest BCUT2D eigenvalue weighted by Crippen LogP contribution is 2.32. The number of methoxy groups -OCH3 is 1. The number of hydrogen-bond donors (Lipinski definition) is 2. The van der Waals surface area contributed by atoms with Crippen molar-refractivity contribution in [3.63, 3.8) is 0 Å². The van der Waals surface area contributed by atoms with Gasteiger partial charge in [-0.05, 0) is 38.4 Å². The maximum atomic E-state index is 12.6. The summed E-state index contributed by atoms with van der Waals surface area (Å²) in [7, 11) is 1.58. The van der Waals surface area contributed by atoms with Gasteiger partial charge < -0.3 is 20.3 Å². The molecule has 0 aromatic heterocycles. The second kappa shape index (κ2) is 8.54. The summed E-state index contributed by atoms with van der Waals surface area (Å²) in [5.74, 6) is 0.282. The van der Waals surface area contributed by atoms with Crippen molar-refractivity contribution in [1.29, 1.82) is 0 Å². The van der Waals surface area contributed by atoms with Crippen LogP contribution < -0.4 is 20.3 Å². The van der Waals surface area contributed by atoms with Gasteiger partial charge in [0.15, 0.2) is 0 Å². The van der Waals surface area contributed by atoms with Crippen LogP contribution in [-0.2, 0) is 9.59 Å². The third-order valence-electron chi connectivity index (χ3n) is 4.96. The minimum absolute atomic E-state index is 0. The number of para-hydroxylation sites is 2. The van der Waals surface area contributed by atoms with Gasteiger partial charge in [-0.3, -0.25) is 9.59 Å². The highest BCUT2D eigenvalue weighted by atomic mass is 35.5. The van der Waals surface area contributed by atoms with Gasteiger partial charge in [0.05, 0.1) is 18.7 Å². The number of carbonyl (C=O) groups excluding carboxylic acids is 2. The quantitative estimate of drug-likeness (QED) is 0.850. The molecule has 6 nitrogen and oxygen atoms in total. The average Bonchev–Trinajstić information content (AvgIpc) is 2.98. The monoisotopic (exact) mass is 367 g/mol. The first-order valence-corrected chi connectivity index (χ1v) is 8.57. The van der Waals surface area contributed by atoms with Gasteiger partial charge in [0.1, 0.15) is 5.75 Å². The molecule has 7 heteroatoms. The van der Waals surface area contributed by atoms with Gasteiger partial charge in [0.2, 0.25) is 11.8 Å². The Morgan fingerprint density at radius 3 is 2.84 bits per heavy atom. The molecule has 2 N–H and O–H groups in total. The fourth-order valence-corrected chi connectivity index (χ4v) is 3.51. The minimum atomic E-state index is -0.309. The topological polar surface area (TPSA) is 70.7 Å². The first-order valence-electron chi connectivity index (χ1n) is 8.57. The van der Waals surface area contributed by atoms with Crippen molar-refractivity contribution in [1.82, 2.24) is 10.6 Å². The molecule has 0 spiro atoms. The lowest BCUT2D eigenvalue weighted by atomic mass is 9.98. The van der Waals surface area contributed by atoms with Gasteiger partial charge in [-0.15, -0.1) is 12.4 Å². The summed E-state index contributed by atoms with van der Waals surface area (Å²) in [6.07, 6.45) is 2.29. The molecule has 138 valence electrons. The molecule has 1 aromatic carbocycles. The van der Waals surface area contributed by atoms with E-state index >= 15 is 0 Å². The Morgan fingerprint density at radius 2 is 2.12 bits per heavy atom. The number of rotatable bonds is 4. The van der Waals surface area contributed by atoms with E-state index in [0.29, 0.717) is 12.3 Å². The van der Waals surface area contributed by atoms with Crippen molar-refractivity contribution < 1.29 is 14.3 Å². The summed E-state index contributed by atoms with van der Waals surface area (Å²) in [5.41, 5.74) is 0.730. The van der Waals surface area contributed by atoms with Gasteiger partial charge in [-0.1, -0.05) is 12.1 Å². The first-order chi connectivity index (χ1) is 11.6. The molecule has 2 aliphatic rings. The number of nitrogens with zero attached hydrogens (tertiary/aromatic N) is 1. The van der Waals surface area contributed by atoms with E-state index in [1.54, 1.807) is 12.0 Å². The van der Waals surface area contributed by atoms with Crippen LogP contribution in [0.15, 0.2) is 24.3 Å². The smallest absolute Gasteiger partial charge is 0.227 e. The molecule has 25 heavy (non-hydrogen) atoms. The lowest BCUT2D eigenvalue weighted by Gasteiger charge is -2.31. The molecule has 3 unspecified atom stereocenters. The van der Waals surface area contributed by atoms with Gasteiger partial charge in [-0.2, -0.15) is 0 Å². The van der Waals surface area contributed by atoms with Crippen LogP contribution >= 0.6 is 12.4 Å². The number of amides is 2. The highest BCUT2D eigenvalue weighted by Gasteiger charge is 2.37. The summed E-state index contributed by atoms with van der Waals surface area (Å²) in [5, 5.41) is 6.50. The van der Waals surface area contributed by atoms with Crippen LogP contribution in [0.5, 0.6) is 5.75 Å². The largest absolute Gasteiger partial charge is 0.495 e. The standard InChI is InChI=1S/C18H25N3O3.ClH/c1-12-14(6-5-9-19-12)20-18(23)13-10-17(22)21(11-13)15-7-3-4-8-16(15)24-2;/h3-4,7-8,12-14,19H,5-6,9-11H2,1-2H3,(H,20,23);1H. The van der Waals surface area contributed by atoms with Crippen LogP contribution in [0.4, 0.5) is 5.69 Å². The molecule has 0 aliphatic carbocycles. The van der Waals surface area contributed by atoms with E-state index < -0.39 is 0 Å². The van der Waals surface area contributed by atoms with Crippen molar-refractivity contribution in [3.8, 4) is 5.75 Å². The Bertz CT molecular complexity index is 625. The molecule has 0 bridgehead atoms. The fraction of sp³-hybridized carbons (Fsp3) is 0.556. The molecule has 2 fully saturated rings. The van der Waals surface area contributed by atoms with Crippen molar-refractivity contribution in [2.24, 2.45) is 5.92 Å². The van der Waals surface area contributed by atoms with Crippen LogP contribution in [0, 0.1) is 5.92 Å². The molecule has 2 saturated heterocycles. The summed E-state index contributed by atoms with van der Waals surface area (Å²) in [6.45, 7) is 3.49. The third-order valence-corrected chi connectivity index (χ3v) is 4.96. The van der Waals surface area contributed by atoms with Crippen LogP contribution in [-0.4, -0.2) is 44.1 Å². The summed E-state index contributed by atoms with van der Waals surface area (Å²) >= 11 is 0. The lowest BCUT2D eigenvalue weighted by Crippen LogP contribution is -2.53. The second-order valence-corrected chi connectivity index (χ2v) is 6.58. The average molecular weight is 368 g/mol. The van der Waals surface area contributed by atoms with E-state index in [1.165, 1.54) is 0 Å². The summed E-state index contributed by atoms with van der Waals surface area (Å²) in [4.78, 5) is 26.6. The number of halogens is 1. The van der Waals surface area contributed by atoms with Crippen molar-refractivity contribution in [3.05, 3.63) is 24.3 Å². The van der Waals surface area contributed by atoms with E-state index in [0.717, 1.165) is 25.1 Å². The van der Waals surface area contributed by atoms with Crippen LogP contribution in [0.3, 0.4) is 0 Å². The van der Waals surface area contributed by atoms with Crippen molar-refractivity contribution in [2.75, 3.05) is 25.1 Å². The predicted octanol–water partition coefficient (Wildman–Crippen LogP) is 1.73. The normalized spacial score (nSPS) is 26.1. The number of hydrogen-bond acceptors (Lipinski definition) is 4. The zero-order valence-corrected chi connectivity index (χ0v) is 15.5. The Kier molecular flexibility index (Phi) is 6.67. The summed E-state index contributed by atoms with van der Waals surface area (Å²) in [6, 6.07) is 7.82. The van der Waals surface area contributed by atoms with Gasteiger partial charge >= 0.3 is 0 Å². The molecule has 0 saturated carbocycles. The highest BCUT2D eigenvalue weighted by molar-refractivity contribution is 6.01. The zero-order chi connectivity index (χ0) is 17.1. The van der Waals surface area contributed by atoms with Crippen LogP contribution in [0.1, 0.15) is 26.2 Å². The number of nitrogens with one attached hydrogen (secondary N) is 2. The molecular formula is C18H26ClN3O3. The molecule has 2 heterocycles. The Labute approximate surface area is 154 Å². The van der Waals surface area contributed by atoms with Crippen molar-refractivity contribution in [2.45, 2.75) is 38.3 Å². The van der Waals surface area contributed by atoms with E-state index in [1.807, 2.05) is 24.3 Å². The fourth-order valence-electron chi connectivity index (χ4n) is 3.51. The van der Waals surface area contributed by atoms with Gasteiger partial charge in [0.25, 0.3) is 0 Å².